The van der Waals surface area contributed by atoms with Crippen LogP contribution < -0.4 is 4.74 Å². The molecule has 14 heavy (non-hydrogen) atoms. The van der Waals surface area contributed by atoms with E-state index in [2.05, 4.69) is 15.4 Å². The molecule has 6 nitrogen and oxygen atoms in total. The molecule has 6 heteroatoms. The maximum absolute atomic E-state index is 10.8. The SMILES string of the molecule is COc1c(C(=O)O)ccc2n[nH]nc12. The molecule has 0 fully saturated rings. The van der Waals surface area contributed by atoms with Crippen LogP contribution in [-0.4, -0.2) is 33.6 Å². The fourth-order valence-corrected chi connectivity index (χ4v) is 1.26. The van der Waals surface area contributed by atoms with Crippen molar-refractivity contribution in [3.05, 3.63) is 17.7 Å². The maximum atomic E-state index is 10.8. The zero-order valence-electron chi connectivity index (χ0n) is 7.31. The van der Waals surface area contributed by atoms with Crippen LogP contribution in [0.25, 0.3) is 11.0 Å². The van der Waals surface area contributed by atoms with Gasteiger partial charge in [0.2, 0.25) is 0 Å². The summed E-state index contributed by atoms with van der Waals surface area (Å²) in [6.07, 6.45) is 0. The van der Waals surface area contributed by atoms with E-state index >= 15 is 0 Å². The topological polar surface area (TPSA) is 88.1 Å². The zero-order chi connectivity index (χ0) is 10.1. The Bertz CT molecular complexity index is 492. The molecule has 0 aliphatic rings. The van der Waals surface area contributed by atoms with Gasteiger partial charge in [0.15, 0.2) is 11.3 Å². The fraction of sp³-hybridized carbons (Fsp3) is 0.125. The van der Waals surface area contributed by atoms with Gasteiger partial charge in [-0.1, -0.05) is 0 Å². The number of nitrogens with zero attached hydrogens (tertiary/aromatic N) is 2. The molecule has 2 N–H and O–H groups in total. The van der Waals surface area contributed by atoms with Crippen LogP contribution in [0.3, 0.4) is 0 Å². The summed E-state index contributed by atoms with van der Waals surface area (Å²) in [7, 11) is 1.40. The number of fused-ring (bicyclic) bond motifs is 1. The van der Waals surface area contributed by atoms with Crippen molar-refractivity contribution in [2.45, 2.75) is 0 Å². The molecular formula is C8H7N3O3. The number of carboxylic acids is 1. The van der Waals surface area contributed by atoms with E-state index in [4.69, 9.17) is 9.84 Å². The third-order valence-electron chi connectivity index (χ3n) is 1.88. The van der Waals surface area contributed by atoms with Gasteiger partial charge >= 0.3 is 5.97 Å². The molecule has 0 unspecified atom stereocenters. The Morgan fingerprint density at radius 3 is 2.93 bits per heavy atom. The van der Waals surface area contributed by atoms with Gasteiger partial charge in [-0.05, 0) is 12.1 Å². The summed E-state index contributed by atoms with van der Waals surface area (Å²) in [5, 5.41) is 18.9. The molecule has 0 spiro atoms. The lowest BCUT2D eigenvalue weighted by Gasteiger charge is -2.03. The van der Waals surface area contributed by atoms with Gasteiger partial charge in [-0.2, -0.15) is 15.4 Å². The number of rotatable bonds is 2. The molecule has 1 heterocycles. The molecule has 0 atom stereocenters. The Morgan fingerprint density at radius 2 is 2.29 bits per heavy atom. The highest BCUT2D eigenvalue weighted by molar-refractivity contribution is 5.97. The number of benzene rings is 1. The van der Waals surface area contributed by atoms with E-state index in [-0.39, 0.29) is 11.3 Å². The Hall–Kier alpha value is -2.11. The standard InChI is InChI=1S/C8H7N3O3/c1-14-7-4(8(12)13)2-3-5-6(7)10-11-9-5/h2-3H,1H3,(H,12,13)(H,9,10,11). The molecule has 0 radical (unpaired) electrons. The van der Waals surface area contributed by atoms with Crippen LogP contribution >= 0.6 is 0 Å². The molecular weight excluding hydrogens is 186 g/mol. The average Bonchev–Trinajstić information content (AvgIpc) is 2.63. The Balaban J connectivity index is 2.78. The Morgan fingerprint density at radius 1 is 1.50 bits per heavy atom. The second-order valence-electron chi connectivity index (χ2n) is 2.64. The lowest BCUT2D eigenvalue weighted by molar-refractivity contribution is 0.0693. The minimum Gasteiger partial charge on any atom is -0.493 e. The number of aromatic carboxylic acids is 1. The highest BCUT2D eigenvalue weighted by Gasteiger charge is 2.16. The number of aromatic amines is 1. The van der Waals surface area contributed by atoms with Crippen LogP contribution in [0.2, 0.25) is 0 Å². The van der Waals surface area contributed by atoms with Gasteiger partial charge in [-0.3, -0.25) is 0 Å². The number of nitrogens with one attached hydrogen (secondary N) is 1. The van der Waals surface area contributed by atoms with Gasteiger partial charge in [0.25, 0.3) is 0 Å². The molecule has 72 valence electrons. The third-order valence-corrected chi connectivity index (χ3v) is 1.88. The van der Waals surface area contributed by atoms with Gasteiger partial charge in [0, 0.05) is 0 Å². The number of carbonyl (C=O) groups is 1. The molecule has 0 aliphatic heterocycles. The number of methoxy groups -OCH3 is 1. The van der Waals surface area contributed by atoms with Crippen LogP contribution in [-0.2, 0) is 0 Å². The summed E-state index contributed by atoms with van der Waals surface area (Å²) in [4.78, 5) is 10.8. The van der Waals surface area contributed by atoms with E-state index in [1.54, 1.807) is 6.07 Å². The highest BCUT2D eigenvalue weighted by atomic mass is 16.5. The van der Waals surface area contributed by atoms with E-state index in [0.717, 1.165) is 0 Å². The lowest BCUT2D eigenvalue weighted by atomic mass is 10.2. The smallest absolute Gasteiger partial charge is 0.339 e. The number of hydrogen-bond acceptors (Lipinski definition) is 4. The molecule has 0 aliphatic carbocycles. The summed E-state index contributed by atoms with van der Waals surface area (Å²) in [6.45, 7) is 0. The third kappa shape index (κ3) is 1.08. The Kier molecular flexibility index (Phi) is 1.81. The van der Waals surface area contributed by atoms with Crippen molar-refractivity contribution in [1.82, 2.24) is 15.4 Å². The molecule has 2 aromatic rings. The first kappa shape index (κ1) is 8.49. The van der Waals surface area contributed by atoms with Gasteiger partial charge in [-0.15, -0.1) is 0 Å². The van der Waals surface area contributed by atoms with Gasteiger partial charge in [0.05, 0.1) is 7.11 Å². The van der Waals surface area contributed by atoms with Crippen molar-refractivity contribution in [1.29, 1.82) is 0 Å². The van der Waals surface area contributed by atoms with Crippen LogP contribution in [0, 0.1) is 0 Å². The minimum absolute atomic E-state index is 0.0777. The van der Waals surface area contributed by atoms with Crippen molar-refractivity contribution in [2.24, 2.45) is 0 Å². The van der Waals surface area contributed by atoms with E-state index in [1.807, 2.05) is 0 Å². The molecule has 0 saturated heterocycles. The average molecular weight is 193 g/mol. The fourth-order valence-electron chi connectivity index (χ4n) is 1.26. The zero-order valence-corrected chi connectivity index (χ0v) is 7.31. The van der Waals surface area contributed by atoms with E-state index in [9.17, 15) is 4.79 Å². The number of carboxylic acid groups (broad SMARTS) is 1. The predicted molar refractivity (Wildman–Crippen MR) is 47.4 cm³/mol. The first-order valence-corrected chi connectivity index (χ1v) is 3.85. The quantitative estimate of drug-likeness (QED) is 0.731. The minimum atomic E-state index is -1.05. The lowest BCUT2D eigenvalue weighted by Crippen LogP contribution is -2.00. The van der Waals surface area contributed by atoms with Gasteiger partial charge < -0.3 is 9.84 Å². The van der Waals surface area contributed by atoms with E-state index in [1.165, 1.54) is 13.2 Å². The normalized spacial score (nSPS) is 10.4. The molecule has 0 bridgehead atoms. The first-order valence-electron chi connectivity index (χ1n) is 3.85. The number of ether oxygens (including phenoxy) is 1. The highest BCUT2D eigenvalue weighted by Crippen LogP contribution is 2.26. The molecule has 2 rings (SSSR count). The summed E-state index contributed by atoms with van der Waals surface area (Å²) >= 11 is 0. The summed E-state index contributed by atoms with van der Waals surface area (Å²) in [6, 6.07) is 3.01. The van der Waals surface area contributed by atoms with Crippen LogP contribution in [0.1, 0.15) is 10.4 Å². The van der Waals surface area contributed by atoms with E-state index < -0.39 is 5.97 Å². The van der Waals surface area contributed by atoms with Crippen LogP contribution in [0.15, 0.2) is 12.1 Å². The second-order valence-corrected chi connectivity index (χ2v) is 2.64. The molecule has 0 amide bonds. The maximum Gasteiger partial charge on any atom is 0.339 e. The van der Waals surface area contributed by atoms with Crippen molar-refractivity contribution in [3.63, 3.8) is 0 Å². The molecule has 1 aromatic carbocycles. The Labute approximate surface area is 78.5 Å². The first-order chi connectivity index (χ1) is 6.74. The summed E-state index contributed by atoms with van der Waals surface area (Å²) < 4.78 is 4.97. The summed E-state index contributed by atoms with van der Waals surface area (Å²) in [5.74, 6) is -0.824. The van der Waals surface area contributed by atoms with Gasteiger partial charge in [-0.25, -0.2) is 4.79 Å². The number of aromatic nitrogens is 3. The predicted octanol–water partition coefficient (Wildman–Crippen LogP) is 0.665. The second kappa shape index (κ2) is 2.99. The van der Waals surface area contributed by atoms with Crippen molar-refractivity contribution in [3.8, 4) is 5.75 Å². The van der Waals surface area contributed by atoms with Crippen LogP contribution in [0.5, 0.6) is 5.75 Å². The van der Waals surface area contributed by atoms with Crippen molar-refractivity contribution >= 4 is 17.0 Å². The van der Waals surface area contributed by atoms with Crippen LogP contribution in [0.4, 0.5) is 0 Å². The van der Waals surface area contributed by atoms with Gasteiger partial charge in [0.1, 0.15) is 11.1 Å². The molecule has 1 aromatic heterocycles. The number of hydrogen-bond donors (Lipinski definition) is 2. The van der Waals surface area contributed by atoms with Crippen molar-refractivity contribution < 1.29 is 14.6 Å². The van der Waals surface area contributed by atoms with E-state index in [0.29, 0.717) is 11.0 Å². The number of H-pyrrole nitrogens is 1. The monoisotopic (exact) mass is 193 g/mol. The summed E-state index contributed by atoms with van der Waals surface area (Å²) in [5.41, 5.74) is 1.08. The molecule has 0 saturated carbocycles. The van der Waals surface area contributed by atoms with Crippen molar-refractivity contribution in [2.75, 3.05) is 7.11 Å². The largest absolute Gasteiger partial charge is 0.493 e.